The number of carbonyl (C=O) groups excluding carboxylic acids is 1. The Bertz CT molecular complexity index is 295. The molecule has 1 unspecified atom stereocenters. The number of esters is 1. The maximum absolute atomic E-state index is 10.9. The summed E-state index contributed by atoms with van der Waals surface area (Å²) < 4.78 is 35.2. The second-order valence-electron chi connectivity index (χ2n) is 2.53. The molecule has 0 N–H and O–H groups in total. The van der Waals surface area contributed by atoms with Crippen molar-refractivity contribution in [3.8, 4) is 0 Å². The first kappa shape index (κ1) is 17.2. The third-order valence-electron chi connectivity index (χ3n) is 1.18. The minimum atomic E-state index is -4.37. The Balaban J connectivity index is 0. The Kier molecular flexibility index (Phi) is 9.77. The van der Waals surface area contributed by atoms with E-state index in [0.717, 1.165) is 6.26 Å². The first-order valence-corrected chi connectivity index (χ1v) is 5.19. The van der Waals surface area contributed by atoms with Crippen molar-refractivity contribution in [3.05, 3.63) is 12.3 Å². The number of hydrogen-bond donors (Lipinski definition) is 0. The summed E-state index contributed by atoms with van der Waals surface area (Å²) >= 11 is 0. The topological polar surface area (TPSA) is 83.5 Å². The summed E-state index contributed by atoms with van der Waals surface area (Å²) in [6.07, 6.45) is 2.62. The van der Waals surface area contributed by atoms with E-state index in [0.29, 0.717) is 0 Å². The van der Waals surface area contributed by atoms with Gasteiger partial charge in [-0.05, 0) is 6.92 Å². The monoisotopic (exact) mass is 246 g/mol. The fourth-order valence-electron chi connectivity index (χ4n) is 0.625. The van der Waals surface area contributed by atoms with E-state index in [9.17, 15) is 17.8 Å². The molecule has 0 aromatic rings. The van der Waals surface area contributed by atoms with Gasteiger partial charge >= 0.3 is 57.4 Å². The van der Waals surface area contributed by atoms with Gasteiger partial charge in [0.25, 0.3) is 0 Å². The molecule has 0 heterocycles. The molecule has 0 bridgehead atoms. The van der Waals surface area contributed by atoms with Crippen LogP contribution in [0.5, 0.6) is 0 Å². The van der Waals surface area contributed by atoms with Crippen molar-refractivity contribution in [3.63, 3.8) is 0 Å². The largest absolute Gasteiger partial charge is 1.00 e. The van der Waals surface area contributed by atoms with E-state index in [4.69, 9.17) is 0 Å². The van der Waals surface area contributed by atoms with Crippen molar-refractivity contribution < 1.29 is 73.9 Å². The van der Waals surface area contributed by atoms with Gasteiger partial charge in [0.2, 0.25) is 0 Å². The molecule has 5 nitrogen and oxygen atoms in total. The van der Waals surface area contributed by atoms with Gasteiger partial charge in [0.1, 0.15) is 0 Å². The van der Waals surface area contributed by atoms with E-state index in [-0.39, 0.29) is 51.4 Å². The molecule has 0 amide bonds. The normalized spacial score (nSPS) is 13.4. The molecule has 0 aromatic carbocycles. The standard InChI is InChI=1S/C7H12O5S.K/c1-3-4-12-7(8)6(2)5-13(9,10)11;/h3-4,6H,5H2,1-2H3,(H,9,10,11);/q;+1/p-1/b4-3+;. The first-order chi connectivity index (χ1) is 5.87. The van der Waals surface area contributed by atoms with Crippen molar-refractivity contribution in [2.75, 3.05) is 5.75 Å². The van der Waals surface area contributed by atoms with E-state index < -0.39 is 27.8 Å². The van der Waals surface area contributed by atoms with Gasteiger partial charge in [0, 0.05) is 0 Å². The summed E-state index contributed by atoms with van der Waals surface area (Å²) in [6.45, 7) is 2.96. The minimum absolute atomic E-state index is 0. The third kappa shape index (κ3) is 9.32. The molecule has 0 saturated heterocycles. The van der Waals surface area contributed by atoms with Crippen LogP contribution in [0.2, 0.25) is 0 Å². The van der Waals surface area contributed by atoms with E-state index in [1.54, 1.807) is 6.92 Å². The van der Waals surface area contributed by atoms with E-state index in [1.807, 2.05) is 0 Å². The van der Waals surface area contributed by atoms with Crippen molar-refractivity contribution in [1.82, 2.24) is 0 Å². The molecular formula is C7H11KO5S. The van der Waals surface area contributed by atoms with Gasteiger partial charge in [0.05, 0.1) is 28.1 Å². The molecule has 0 aromatic heterocycles. The van der Waals surface area contributed by atoms with Crippen LogP contribution in [0.3, 0.4) is 0 Å². The molecule has 14 heavy (non-hydrogen) atoms. The van der Waals surface area contributed by atoms with Crippen LogP contribution in [0, 0.1) is 5.92 Å². The van der Waals surface area contributed by atoms with Crippen LogP contribution < -0.4 is 51.4 Å². The van der Waals surface area contributed by atoms with Gasteiger partial charge in [-0.1, -0.05) is 13.0 Å². The smallest absolute Gasteiger partial charge is 0.748 e. The molecule has 0 saturated carbocycles. The number of allylic oxidation sites excluding steroid dienone is 1. The summed E-state index contributed by atoms with van der Waals surface area (Å²) in [5.74, 6) is -2.39. The maximum Gasteiger partial charge on any atom is 1.00 e. The quantitative estimate of drug-likeness (QED) is 0.232. The molecule has 1 atom stereocenters. The van der Waals surface area contributed by atoms with Gasteiger partial charge in [0.15, 0.2) is 0 Å². The number of ether oxygens (including phenoxy) is 1. The van der Waals surface area contributed by atoms with Gasteiger partial charge in [-0.25, -0.2) is 8.42 Å². The van der Waals surface area contributed by atoms with Crippen LogP contribution in [0.15, 0.2) is 12.3 Å². The predicted molar refractivity (Wildman–Crippen MR) is 44.6 cm³/mol. The van der Waals surface area contributed by atoms with E-state index >= 15 is 0 Å². The molecule has 7 heteroatoms. The number of rotatable bonds is 4. The first-order valence-electron chi connectivity index (χ1n) is 3.62. The Morgan fingerprint density at radius 1 is 1.57 bits per heavy atom. The average molecular weight is 246 g/mol. The zero-order valence-corrected chi connectivity index (χ0v) is 12.3. The molecule has 0 fully saturated rings. The third-order valence-corrected chi connectivity index (χ3v) is 2.09. The van der Waals surface area contributed by atoms with Gasteiger partial charge < -0.3 is 9.29 Å². The second-order valence-corrected chi connectivity index (χ2v) is 3.98. The number of carbonyl (C=O) groups is 1. The van der Waals surface area contributed by atoms with Gasteiger partial charge in [-0.3, -0.25) is 4.79 Å². The molecule has 0 aliphatic rings. The van der Waals surface area contributed by atoms with Crippen LogP contribution in [-0.2, 0) is 19.6 Å². The summed E-state index contributed by atoms with van der Waals surface area (Å²) in [4.78, 5) is 10.9. The number of hydrogen-bond acceptors (Lipinski definition) is 5. The fraction of sp³-hybridized carbons (Fsp3) is 0.571. The Hall–Kier alpha value is 0.756. The Morgan fingerprint density at radius 3 is 2.43 bits per heavy atom. The van der Waals surface area contributed by atoms with Crippen LogP contribution in [0.4, 0.5) is 0 Å². The SMILES string of the molecule is C/C=C/OC(=O)C(C)CS(=O)(=O)[O-].[K+]. The zero-order chi connectivity index (χ0) is 10.5. The van der Waals surface area contributed by atoms with Gasteiger partial charge in [-0.2, -0.15) is 0 Å². The molecule has 0 aliphatic heterocycles. The predicted octanol–water partition coefficient (Wildman–Crippen LogP) is -2.75. The molecule has 76 valence electrons. The van der Waals surface area contributed by atoms with E-state index in [1.165, 1.54) is 13.0 Å². The Morgan fingerprint density at radius 2 is 2.07 bits per heavy atom. The van der Waals surface area contributed by atoms with Crippen LogP contribution in [0.1, 0.15) is 13.8 Å². The summed E-state index contributed by atoms with van der Waals surface area (Å²) in [5, 5.41) is 0. The van der Waals surface area contributed by atoms with Gasteiger partial charge in [-0.15, -0.1) is 0 Å². The minimum Gasteiger partial charge on any atom is -0.748 e. The van der Waals surface area contributed by atoms with Crippen molar-refractivity contribution >= 4 is 16.1 Å². The average Bonchev–Trinajstić information content (AvgIpc) is 1.96. The molecule has 0 aliphatic carbocycles. The van der Waals surface area contributed by atoms with Crippen LogP contribution >= 0.6 is 0 Å². The molecule has 0 rings (SSSR count). The van der Waals surface area contributed by atoms with E-state index in [2.05, 4.69) is 4.74 Å². The summed E-state index contributed by atoms with van der Waals surface area (Å²) in [6, 6.07) is 0. The molecule has 0 spiro atoms. The Labute approximate surface area is 126 Å². The second kappa shape index (κ2) is 7.97. The van der Waals surface area contributed by atoms with Crippen LogP contribution in [-0.4, -0.2) is 24.7 Å². The van der Waals surface area contributed by atoms with Crippen molar-refractivity contribution in [2.24, 2.45) is 5.92 Å². The molecule has 0 radical (unpaired) electrons. The van der Waals surface area contributed by atoms with Crippen molar-refractivity contribution in [1.29, 1.82) is 0 Å². The summed E-state index contributed by atoms with van der Waals surface area (Å²) in [7, 11) is -4.37. The fourth-order valence-corrected chi connectivity index (χ4v) is 1.37. The maximum atomic E-state index is 10.9. The van der Waals surface area contributed by atoms with Crippen LogP contribution in [0.25, 0.3) is 0 Å². The van der Waals surface area contributed by atoms with Crippen molar-refractivity contribution in [2.45, 2.75) is 13.8 Å². The zero-order valence-electron chi connectivity index (χ0n) is 8.39. The summed E-state index contributed by atoms with van der Waals surface area (Å²) in [5.41, 5.74) is 0. The molecular weight excluding hydrogens is 235 g/mol.